The molecule has 0 spiro atoms. The zero-order chi connectivity index (χ0) is 22.3. The molecule has 2 aromatic rings. The number of nitrogens with one attached hydrogen (secondary N) is 1. The number of carbonyl (C=O) groups is 5. The maximum Gasteiger partial charge on any atom is 0.337 e. The van der Waals surface area contributed by atoms with Crippen LogP contribution in [-0.4, -0.2) is 51.3 Å². The molecule has 2 aromatic carbocycles. The van der Waals surface area contributed by atoms with E-state index in [1.54, 1.807) is 79.9 Å². The number of halogens is 5. The van der Waals surface area contributed by atoms with E-state index in [4.69, 9.17) is 0 Å². The number of carboxylic acid groups (broad SMARTS) is 2. The predicted molar refractivity (Wildman–Crippen MR) is 143 cm³/mol. The summed E-state index contributed by atoms with van der Waals surface area (Å²) in [7, 11) is 0. The van der Waals surface area contributed by atoms with E-state index >= 15 is 0 Å². The van der Waals surface area contributed by atoms with Gasteiger partial charge in [0.15, 0.2) is 0 Å². The maximum atomic E-state index is 12.6. The lowest BCUT2D eigenvalue weighted by atomic mass is 10.1. The molecular formula is C18H11Cl2I3N2O7. The Kier molecular flexibility index (Phi) is 10.1. The molecule has 170 valence electrons. The van der Waals surface area contributed by atoms with Crippen molar-refractivity contribution < 1.29 is 34.2 Å². The first kappa shape index (κ1) is 28.8. The van der Waals surface area contributed by atoms with Crippen molar-refractivity contribution in [1.29, 1.82) is 0 Å². The number of fused-ring (bicyclic) bond motifs is 1. The van der Waals surface area contributed by atoms with E-state index in [0.717, 1.165) is 4.90 Å². The van der Waals surface area contributed by atoms with Gasteiger partial charge in [0, 0.05) is 3.57 Å². The fourth-order valence-electron chi connectivity index (χ4n) is 2.85. The Morgan fingerprint density at radius 3 is 1.59 bits per heavy atom. The molecule has 0 fully saturated rings. The minimum Gasteiger partial charge on any atom is -0.478 e. The second-order valence-corrected chi connectivity index (χ2v) is 9.20. The van der Waals surface area contributed by atoms with Crippen LogP contribution >= 0.6 is 92.6 Å². The molecule has 1 heterocycles. The van der Waals surface area contributed by atoms with Gasteiger partial charge in [-0.15, -0.1) is 24.8 Å². The van der Waals surface area contributed by atoms with Crippen LogP contribution in [0.3, 0.4) is 0 Å². The zero-order valence-electron chi connectivity index (χ0n) is 15.3. The summed E-state index contributed by atoms with van der Waals surface area (Å²) >= 11 is 5.05. The van der Waals surface area contributed by atoms with E-state index in [9.17, 15) is 34.2 Å². The van der Waals surface area contributed by atoms with Crippen molar-refractivity contribution in [3.63, 3.8) is 0 Å². The van der Waals surface area contributed by atoms with Crippen molar-refractivity contribution in [2.45, 2.75) is 0 Å². The molecule has 9 nitrogen and oxygen atoms in total. The monoisotopic (exact) mass is 818 g/mol. The maximum absolute atomic E-state index is 12.6. The Hall–Kier alpha value is -1.24. The van der Waals surface area contributed by atoms with Crippen molar-refractivity contribution in [3.8, 4) is 0 Å². The fourth-order valence-corrected chi connectivity index (χ4v) is 7.21. The number of benzene rings is 2. The van der Waals surface area contributed by atoms with Crippen LogP contribution in [-0.2, 0) is 4.79 Å². The van der Waals surface area contributed by atoms with Gasteiger partial charge in [-0.05, 0) is 79.9 Å². The predicted octanol–water partition coefficient (Wildman–Crippen LogP) is 3.98. The highest BCUT2D eigenvalue weighted by Gasteiger charge is 2.36. The van der Waals surface area contributed by atoms with Crippen LogP contribution in [0.4, 0.5) is 5.69 Å². The molecular weight excluding hydrogens is 808 g/mol. The molecule has 0 saturated heterocycles. The number of nitrogens with zero attached hydrogens (tertiary/aromatic N) is 1. The lowest BCUT2D eigenvalue weighted by Crippen LogP contribution is -2.37. The molecule has 1 aliphatic heterocycles. The Labute approximate surface area is 233 Å². The van der Waals surface area contributed by atoms with Gasteiger partial charge in [-0.3, -0.25) is 19.3 Å². The summed E-state index contributed by atoms with van der Waals surface area (Å²) in [5.41, 5.74) is -0.145. The molecule has 0 radical (unpaired) electrons. The highest BCUT2D eigenvalue weighted by molar-refractivity contribution is 14.1. The van der Waals surface area contributed by atoms with Crippen LogP contribution in [0.2, 0.25) is 0 Å². The first-order valence-corrected chi connectivity index (χ1v) is 11.2. The minimum absolute atomic E-state index is 0. The van der Waals surface area contributed by atoms with Crippen molar-refractivity contribution in [1.82, 2.24) is 4.90 Å². The third kappa shape index (κ3) is 5.13. The number of imide groups is 1. The van der Waals surface area contributed by atoms with Crippen molar-refractivity contribution in [2.75, 3.05) is 11.9 Å². The third-order valence-corrected chi connectivity index (χ3v) is 7.43. The van der Waals surface area contributed by atoms with Crippen LogP contribution in [0.5, 0.6) is 0 Å². The standard InChI is InChI=1S/C18H9I3N2O7.2ClH/c19-11-9(17(27)28)12(20)14(13(21)10(11)18(29)30)22-8(24)5-23-15(25)6-3-1-2-4-7(6)16(23)26;;/h1-4H,5H2,(H,22,24)(H,27,28)(H,29,30);2*1H. The van der Waals surface area contributed by atoms with Gasteiger partial charge >= 0.3 is 11.9 Å². The van der Waals surface area contributed by atoms with Crippen LogP contribution < -0.4 is 5.32 Å². The normalized spacial score (nSPS) is 11.9. The average Bonchev–Trinajstić information content (AvgIpc) is 2.90. The van der Waals surface area contributed by atoms with Crippen molar-refractivity contribution in [2.24, 2.45) is 0 Å². The van der Waals surface area contributed by atoms with Gasteiger partial charge < -0.3 is 15.5 Å². The average molecular weight is 819 g/mol. The number of rotatable bonds is 5. The second-order valence-electron chi connectivity index (χ2n) is 5.97. The van der Waals surface area contributed by atoms with Gasteiger partial charge in [0.25, 0.3) is 11.8 Å². The highest BCUT2D eigenvalue weighted by atomic mass is 127. The largest absolute Gasteiger partial charge is 0.478 e. The molecule has 3 amide bonds. The Morgan fingerprint density at radius 1 is 0.812 bits per heavy atom. The van der Waals surface area contributed by atoms with Crippen molar-refractivity contribution >= 4 is 128 Å². The SMILES string of the molecule is Cl.Cl.O=C(CN1C(=O)c2ccccc2C1=O)Nc1c(I)c(C(=O)O)c(I)c(C(=O)O)c1I. The van der Waals surface area contributed by atoms with E-state index in [-0.39, 0.29) is 63.5 Å². The Bertz CT molecular complexity index is 1100. The zero-order valence-corrected chi connectivity index (χ0v) is 23.5. The molecule has 3 N–H and O–H groups in total. The molecule has 0 unspecified atom stereocenters. The van der Waals surface area contributed by atoms with Crippen LogP contribution in [0.25, 0.3) is 0 Å². The summed E-state index contributed by atoms with van der Waals surface area (Å²) in [6.07, 6.45) is 0. The van der Waals surface area contributed by atoms with E-state index in [1.807, 2.05) is 0 Å². The number of anilines is 1. The lowest BCUT2D eigenvalue weighted by molar-refractivity contribution is -0.116. The van der Waals surface area contributed by atoms with Crippen LogP contribution in [0.1, 0.15) is 41.4 Å². The number of hydrogen-bond acceptors (Lipinski definition) is 5. The van der Waals surface area contributed by atoms with E-state index < -0.39 is 36.2 Å². The summed E-state index contributed by atoms with van der Waals surface area (Å²) in [5.74, 6) is -4.70. The quantitative estimate of drug-likeness (QED) is 0.307. The minimum atomic E-state index is -1.35. The number of carbonyl (C=O) groups excluding carboxylic acids is 3. The first-order chi connectivity index (χ1) is 14.1. The third-order valence-electron chi connectivity index (χ3n) is 4.19. The van der Waals surface area contributed by atoms with E-state index in [2.05, 4.69) is 5.32 Å². The summed E-state index contributed by atoms with van der Waals surface area (Å²) in [6, 6.07) is 6.17. The molecule has 0 aromatic heterocycles. The van der Waals surface area contributed by atoms with Gasteiger partial charge in [0.05, 0.1) is 35.1 Å². The molecule has 1 aliphatic rings. The summed E-state index contributed by atoms with van der Waals surface area (Å²) in [6.45, 7) is -0.602. The first-order valence-electron chi connectivity index (χ1n) is 7.98. The number of amides is 3. The van der Waals surface area contributed by atoms with Gasteiger partial charge in [0.2, 0.25) is 5.91 Å². The molecule has 0 atom stereocenters. The van der Waals surface area contributed by atoms with Gasteiger partial charge in [-0.2, -0.15) is 0 Å². The van der Waals surface area contributed by atoms with Crippen molar-refractivity contribution in [3.05, 3.63) is 57.2 Å². The van der Waals surface area contributed by atoms with E-state index in [1.165, 1.54) is 12.1 Å². The molecule has 14 heteroatoms. The van der Waals surface area contributed by atoms with Crippen LogP contribution in [0.15, 0.2) is 24.3 Å². The smallest absolute Gasteiger partial charge is 0.337 e. The summed E-state index contributed by atoms with van der Waals surface area (Å²) in [4.78, 5) is 61.5. The summed E-state index contributed by atoms with van der Waals surface area (Å²) in [5, 5.41) is 21.4. The molecule has 0 saturated carbocycles. The molecule has 3 rings (SSSR count). The van der Waals surface area contributed by atoms with Crippen LogP contribution in [0, 0.1) is 10.7 Å². The highest BCUT2D eigenvalue weighted by Crippen LogP contribution is 2.36. The Balaban J connectivity index is 0.00000256. The fraction of sp³-hybridized carbons (Fsp3) is 0.0556. The number of aromatic carboxylic acids is 2. The number of carboxylic acids is 2. The second kappa shape index (κ2) is 11.3. The van der Waals surface area contributed by atoms with E-state index in [0.29, 0.717) is 0 Å². The molecule has 0 aliphatic carbocycles. The van der Waals surface area contributed by atoms with Gasteiger partial charge in [-0.1, -0.05) is 12.1 Å². The topological polar surface area (TPSA) is 141 Å². The number of hydrogen-bond donors (Lipinski definition) is 3. The summed E-state index contributed by atoms with van der Waals surface area (Å²) < 4.78 is 0.295. The molecule has 32 heavy (non-hydrogen) atoms. The van der Waals surface area contributed by atoms with Gasteiger partial charge in [0.1, 0.15) is 6.54 Å². The molecule has 0 bridgehead atoms. The van der Waals surface area contributed by atoms with Gasteiger partial charge in [-0.25, -0.2) is 9.59 Å². The Morgan fingerprint density at radius 2 is 1.22 bits per heavy atom. The lowest BCUT2D eigenvalue weighted by Gasteiger charge is -2.18.